The van der Waals surface area contributed by atoms with Crippen LogP contribution >= 0.6 is 0 Å². The first-order valence-electron chi connectivity index (χ1n) is 10.7. The van der Waals surface area contributed by atoms with E-state index in [1.807, 2.05) is 60.7 Å². The number of Topliss-reactive ketones (excluding diaryl/α,β-unsaturated/α-hetero) is 1. The van der Waals surface area contributed by atoms with Gasteiger partial charge in [-0.05, 0) is 38.5 Å². The molecule has 4 rings (SSSR count). The van der Waals surface area contributed by atoms with E-state index < -0.39 is 18.5 Å². The maximum Gasteiger partial charge on any atom is 0.355 e. The lowest BCUT2D eigenvalue weighted by molar-refractivity contribution is -0.119. The highest BCUT2D eigenvalue weighted by atomic mass is 16.5. The van der Waals surface area contributed by atoms with Crippen molar-refractivity contribution in [1.82, 2.24) is 14.8 Å². The SMILES string of the molecule is CC(=O)c1c(C)[nH]c(C(=O)OCC(=O)Nc2cc(-c3ccccc3)nn2-c2ccccc2)c1C. The van der Waals surface area contributed by atoms with E-state index in [1.165, 1.54) is 6.92 Å². The van der Waals surface area contributed by atoms with Gasteiger partial charge in [-0.3, -0.25) is 9.59 Å². The van der Waals surface area contributed by atoms with Crippen LogP contribution in [0.3, 0.4) is 0 Å². The third-order valence-corrected chi connectivity index (χ3v) is 5.38. The number of hydrogen-bond donors (Lipinski definition) is 2. The molecule has 2 aromatic heterocycles. The van der Waals surface area contributed by atoms with Gasteiger partial charge in [0.25, 0.3) is 5.91 Å². The lowest BCUT2D eigenvalue weighted by Crippen LogP contribution is -2.22. The molecule has 0 atom stereocenters. The maximum atomic E-state index is 12.6. The van der Waals surface area contributed by atoms with Crippen molar-refractivity contribution < 1.29 is 19.1 Å². The Hall–Kier alpha value is -4.46. The van der Waals surface area contributed by atoms with Crippen molar-refractivity contribution in [1.29, 1.82) is 0 Å². The number of aromatic amines is 1. The standard InChI is InChI=1S/C26H24N4O4/c1-16-24(18(3)31)17(2)27-25(16)26(33)34-15-23(32)28-22-14-21(19-10-6-4-7-11-19)29-30(22)20-12-8-5-9-13-20/h4-14,27H,15H2,1-3H3,(H,28,32). The van der Waals surface area contributed by atoms with Crippen molar-refractivity contribution in [2.45, 2.75) is 20.8 Å². The fraction of sp³-hybridized carbons (Fsp3) is 0.154. The summed E-state index contributed by atoms with van der Waals surface area (Å²) in [4.78, 5) is 39.9. The summed E-state index contributed by atoms with van der Waals surface area (Å²) < 4.78 is 6.83. The van der Waals surface area contributed by atoms with E-state index in [0.717, 1.165) is 11.3 Å². The average Bonchev–Trinajstić information content (AvgIpc) is 3.39. The zero-order valence-electron chi connectivity index (χ0n) is 19.1. The van der Waals surface area contributed by atoms with Gasteiger partial charge < -0.3 is 15.0 Å². The minimum Gasteiger partial charge on any atom is -0.451 e. The van der Waals surface area contributed by atoms with Crippen molar-refractivity contribution in [3.8, 4) is 16.9 Å². The van der Waals surface area contributed by atoms with Crippen LogP contribution in [0.5, 0.6) is 0 Å². The molecule has 2 heterocycles. The molecule has 172 valence electrons. The number of carbonyl (C=O) groups is 3. The molecule has 0 unspecified atom stereocenters. The first-order chi connectivity index (χ1) is 16.3. The van der Waals surface area contributed by atoms with E-state index in [-0.39, 0.29) is 11.5 Å². The Morgan fingerprint density at radius 1 is 1.00 bits per heavy atom. The Labute approximate surface area is 196 Å². The number of esters is 1. The molecule has 34 heavy (non-hydrogen) atoms. The molecular formula is C26H24N4O4. The van der Waals surface area contributed by atoms with Gasteiger partial charge in [-0.15, -0.1) is 0 Å². The number of aromatic nitrogens is 3. The van der Waals surface area contributed by atoms with E-state index in [1.54, 1.807) is 24.6 Å². The van der Waals surface area contributed by atoms with Crippen molar-refractivity contribution in [2.75, 3.05) is 11.9 Å². The molecule has 2 aromatic carbocycles. The Balaban J connectivity index is 1.52. The van der Waals surface area contributed by atoms with Crippen LogP contribution in [0.4, 0.5) is 5.82 Å². The Bertz CT molecular complexity index is 1350. The van der Waals surface area contributed by atoms with Crippen molar-refractivity contribution in [3.63, 3.8) is 0 Å². The molecular weight excluding hydrogens is 432 g/mol. The van der Waals surface area contributed by atoms with Gasteiger partial charge >= 0.3 is 5.97 Å². The number of anilines is 1. The number of amides is 1. The number of hydrogen-bond acceptors (Lipinski definition) is 5. The van der Waals surface area contributed by atoms with Crippen molar-refractivity contribution >= 4 is 23.5 Å². The van der Waals surface area contributed by atoms with Gasteiger partial charge in [-0.2, -0.15) is 5.10 Å². The number of nitrogens with one attached hydrogen (secondary N) is 2. The normalized spacial score (nSPS) is 10.7. The molecule has 4 aromatic rings. The summed E-state index contributed by atoms with van der Waals surface area (Å²) in [5.74, 6) is -0.925. The second-order valence-electron chi connectivity index (χ2n) is 7.83. The topological polar surface area (TPSA) is 106 Å². The number of ketones is 1. The number of ether oxygens (including phenoxy) is 1. The number of H-pyrrole nitrogens is 1. The predicted octanol–water partition coefficient (Wildman–Crippen LogP) is 4.48. The van der Waals surface area contributed by atoms with Crippen LogP contribution < -0.4 is 5.32 Å². The quantitative estimate of drug-likeness (QED) is 0.315. The van der Waals surface area contributed by atoms with Crippen LogP contribution in [0, 0.1) is 13.8 Å². The second-order valence-corrected chi connectivity index (χ2v) is 7.83. The molecule has 8 heteroatoms. The lowest BCUT2D eigenvalue weighted by atomic mass is 10.1. The maximum absolute atomic E-state index is 12.6. The highest BCUT2D eigenvalue weighted by molar-refractivity contribution is 6.01. The molecule has 0 saturated carbocycles. The van der Waals surface area contributed by atoms with Crippen LogP contribution in [0.15, 0.2) is 66.7 Å². The first kappa shape index (κ1) is 22.7. The number of nitrogens with zero attached hydrogens (tertiary/aromatic N) is 2. The predicted molar refractivity (Wildman–Crippen MR) is 128 cm³/mol. The van der Waals surface area contributed by atoms with Crippen LogP contribution in [-0.2, 0) is 9.53 Å². The third kappa shape index (κ3) is 4.66. The van der Waals surface area contributed by atoms with Gasteiger partial charge in [0, 0.05) is 22.9 Å². The van der Waals surface area contributed by atoms with Gasteiger partial charge in [0.2, 0.25) is 0 Å². The molecule has 0 spiro atoms. The Kier molecular flexibility index (Phi) is 6.40. The van der Waals surface area contributed by atoms with E-state index in [2.05, 4.69) is 15.4 Å². The zero-order chi connectivity index (χ0) is 24.2. The fourth-order valence-electron chi connectivity index (χ4n) is 3.85. The van der Waals surface area contributed by atoms with E-state index in [9.17, 15) is 14.4 Å². The molecule has 0 bridgehead atoms. The van der Waals surface area contributed by atoms with Gasteiger partial charge in [-0.25, -0.2) is 9.48 Å². The smallest absolute Gasteiger partial charge is 0.355 e. The van der Waals surface area contributed by atoms with Crippen LogP contribution in [0.1, 0.15) is 39.0 Å². The minimum absolute atomic E-state index is 0.147. The van der Waals surface area contributed by atoms with Gasteiger partial charge in [0.15, 0.2) is 12.4 Å². The molecule has 8 nitrogen and oxygen atoms in total. The zero-order valence-corrected chi connectivity index (χ0v) is 19.1. The van der Waals surface area contributed by atoms with Gasteiger partial charge in [0.05, 0.1) is 11.4 Å². The van der Waals surface area contributed by atoms with E-state index >= 15 is 0 Å². The molecule has 0 saturated heterocycles. The van der Waals surface area contributed by atoms with Gasteiger partial charge in [0.1, 0.15) is 11.5 Å². The summed E-state index contributed by atoms with van der Waals surface area (Å²) in [7, 11) is 0. The Morgan fingerprint density at radius 3 is 2.26 bits per heavy atom. The van der Waals surface area contributed by atoms with Crippen LogP contribution in [0.2, 0.25) is 0 Å². The highest BCUT2D eigenvalue weighted by Crippen LogP contribution is 2.25. The molecule has 2 N–H and O–H groups in total. The molecule has 0 aliphatic heterocycles. The van der Waals surface area contributed by atoms with Crippen LogP contribution in [-0.4, -0.2) is 39.0 Å². The first-order valence-corrected chi connectivity index (χ1v) is 10.7. The fourth-order valence-corrected chi connectivity index (χ4v) is 3.85. The molecule has 0 aliphatic carbocycles. The largest absolute Gasteiger partial charge is 0.451 e. The summed E-state index contributed by atoms with van der Waals surface area (Å²) in [5.41, 5.74) is 4.06. The molecule has 0 fully saturated rings. The number of benzene rings is 2. The van der Waals surface area contributed by atoms with Crippen molar-refractivity contribution in [2.24, 2.45) is 0 Å². The summed E-state index contributed by atoms with van der Waals surface area (Å²) in [6.45, 7) is 4.32. The summed E-state index contributed by atoms with van der Waals surface area (Å²) in [5, 5.41) is 7.42. The summed E-state index contributed by atoms with van der Waals surface area (Å²) >= 11 is 0. The van der Waals surface area contributed by atoms with Crippen molar-refractivity contribution in [3.05, 3.63) is 89.2 Å². The minimum atomic E-state index is -0.704. The molecule has 1 amide bonds. The molecule has 0 radical (unpaired) electrons. The number of para-hydroxylation sites is 1. The Morgan fingerprint density at radius 2 is 1.65 bits per heavy atom. The third-order valence-electron chi connectivity index (χ3n) is 5.38. The number of aryl methyl sites for hydroxylation is 1. The average molecular weight is 457 g/mol. The highest BCUT2D eigenvalue weighted by Gasteiger charge is 2.22. The lowest BCUT2D eigenvalue weighted by Gasteiger charge is -2.09. The monoisotopic (exact) mass is 456 g/mol. The van der Waals surface area contributed by atoms with E-state index in [4.69, 9.17) is 4.74 Å². The van der Waals surface area contributed by atoms with E-state index in [0.29, 0.717) is 28.3 Å². The number of carbonyl (C=O) groups excluding carboxylic acids is 3. The summed E-state index contributed by atoms with van der Waals surface area (Å²) in [6, 6.07) is 20.8. The second kappa shape index (κ2) is 9.58. The summed E-state index contributed by atoms with van der Waals surface area (Å²) in [6.07, 6.45) is 0. The van der Waals surface area contributed by atoms with Crippen LogP contribution in [0.25, 0.3) is 16.9 Å². The molecule has 0 aliphatic rings. The van der Waals surface area contributed by atoms with Gasteiger partial charge in [-0.1, -0.05) is 48.5 Å². The number of rotatable bonds is 7.